The van der Waals surface area contributed by atoms with Crippen molar-refractivity contribution in [3.63, 3.8) is 0 Å². The molecule has 0 atom stereocenters. The topological polar surface area (TPSA) is 49.4 Å². The largest absolute Gasteiger partial charge is 0.244 e. The molecule has 5 heteroatoms. The smallest absolute Gasteiger partial charge is 0.124 e. The molecule has 0 fully saturated rings. The molecule has 10 heavy (non-hydrogen) atoms. The second-order valence-corrected chi connectivity index (χ2v) is 4.42. The van der Waals surface area contributed by atoms with Crippen LogP contribution in [-0.4, -0.2) is 3.67 Å². The van der Waals surface area contributed by atoms with Gasteiger partial charge in [-0.3, -0.25) is 0 Å². The van der Waals surface area contributed by atoms with Crippen molar-refractivity contribution in [1.82, 2.24) is 0 Å². The van der Waals surface area contributed by atoms with Crippen LogP contribution in [0.1, 0.15) is 20.3 Å². The van der Waals surface area contributed by atoms with E-state index in [0.29, 0.717) is 5.92 Å². The molecule has 1 aliphatic heterocycles. The van der Waals surface area contributed by atoms with E-state index >= 15 is 0 Å². The van der Waals surface area contributed by atoms with Crippen molar-refractivity contribution in [2.45, 2.75) is 23.9 Å². The van der Waals surface area contributed by atoms with Gasteiger partial charge >= 0.3 is 0 Å². The van der Waals surface area contributed by atoms with Gasteiger partial charge in [0.05, 0.1) is 0 Å². The fraction of sp³-hybridized carbons (Fsp3) is 1.00. The first-order valence-corrected chi connectivity index (χ1v) is 4.23. The molecular formula is C5H9IN4. The quantitative estimate of drug-likeness (QED) is 0.412. The lowest BCUT2D eigenvalue weighted by atomic mass is 10.1. The zero-order valence-electron chi connectivity index (χ0n) is 5.95. The van der Waals surface area contributed by atoms with E-state index in [1.807, 2.05) is 0 Å². The molecule has 0 unspecified atom stereocenters. The van der Waals surface area contributed by atoms with Crippen molar-refractivity contribution in [2.24, 2.45) is 26.6 Å². The number of hydrogen-bond donors (Lipinski definition) is 0. The summed E-state index contributed by atoms with van der Waals surface area (Å²) in [4.78, 5) is 0. The van der Waals surface area contributed by atoms with Gasteiger partial charge in [-0.2, -0.15) is 0 Å². The van der Waals surface area contributed by atoms with Crippen molar-refractivity contribution in [2.75, 3.05) is 0 Å². The van der Waals surface area contributed by atoms with Crippen molar-refractivity contribution >= 4 is 22.6 Å². The summed E-state index contributed by atoms with van der Waals surface area (Å²) in [6.45, 7) is 4.26. The summed E-state index contributed by atoms with van der Waals surface area (Å²) in [5, 5.41) is 14.7. The van der Waals surface area contributed by atoms with Crippen LogP contribution in [0, 0.1) is 5.92 Å². The molecule has 56 valence electrons. The maximum absolute atomic E-state index is 3.89. The van der Waals surface area contributed by atoms with Gasteiger partial charge in [0.2, 0.25) is 3.67 Å². The molecule has 0 saturated heterocycles. The summed E-state index contributed by atoms with van der Waals surface area (Å²) in [6.07, 6.45) is 0.903. The first kappa shape index (κ1) is 8.03. The Morgan fingerprint density at radius 2 is 1.80 bits per heavy atom. The van der Waals surface area contributed by atoms with Gasteiger partial charge in [0.1, 0.15) is 0 Å². The number of nitrogens with zero attached hydrogens (tertiary/aromatic N) is 4. The molecule has 0 N–H and O–H groups in total. The molecule has 0 radical (unpaired) electrons. The number of alkyl halides is 1. The van der Waals surface area contributed by atoms with Gasteiger partial charge in [0.15, 0.2) is 0 Å². The minimum atomic E-state index is -0.397. The van der Waals surface area contributed by atoms with Gasteiger partial charge in [-0.25, -0.2) is 0 Å². The molecule has 1 heterocycles. The van der Waals surface area contributed by atoms with Crippen LogP contribution < -0.4 is 0 Å². The number of rotatable bonds is 2. The first-order chi connectivity index (χ1) is 4.62. The Labute approximate surface area is 73.3 Å². The standard InChI is InChI=1S/C5H9IN4/c1-4(2)3-5(6)7-9-10-8-5/h4H,3H2,1-2H3. The summed E-state index contributed by atoms with van der Waals surface area (Å²) in [5.74, 6) is 0.577. The third-order valence-corrected chi connectivity index (χ3v) is 1.98. The molecule has 0 aromatic rings. The SMILES string of the molecule is CC(C)CC1(I)N=NN=N1. The fourth-order valence-corrected chi connectivity index (χ4v) is 1.87. The van der Waals surface area contributed by atoms with Gasteiger partial charge < -0.3 is 0 Å². The highest BCUT2D eigenvalue weighted by molar-refractivity contribution is 14.1. The van der Waals surface area contributed by atoms with Crippen LogP contribution in [-0.2, 0) is 0 Å². The average molecular weight is 252 g/mol. The van der Waals surface area contributed by atoms with Crippen LogP contribution in [0.5, 0.6) is 0 Å². The molecule has 1 aliphatic rings. The highest BCUT2D eigenvalue weighted by Crippen LogP contribution is 2.34. The predicted octanol–water partition coefficient (Wildman–Crippen LogP) is 2.95. The highest BCUT2D eigenvalue weighted by atomic mass is 127. The van der Waals surface area contributed by atoms with E-state index in [1.165, 1.54) is 0 Å². The molecule has 0 amide bonds. The molecule has 0 bridgehead atoms. The predicted molar refractivity (Wildman–Crippen MR) is 45.9 cm³/mol. The van der Waals surface area contributed by atoms with Crippen LogP contribution in [0.15, 0.2) is 20.7 Å². The van der Waals surface area contributed by atoms with Crippen molar-refractivity contribution < 1.29 is 0 Å². The van der Waals surface area contributed by atoms with E-state index < -0.39 is 3.67 Å². The summed E-state index contributed by atoms with van der Waals surface area (Å²) < 4.78 is -0.397. The Hall–Kier alpha value is -0.0700. The van der Waals surface area contributed by atoms with E-state index in [4.69, 9.17) is 0 Å². The normalized spacial score (nSPS) is 20.8. The Morgan fingerprint density at radius 3 is 2.20 bits per heavy atom. The summed E-state index contributed by atoms with van der Waals surface area (Å²) in [6, 6.07) is 0. The molecule has 0 spiro atoms. The number of halogens is 1. The second-order valence-electron chi connectivity index (χ2n) is 2.70. The van der Waals surface area contributed by atoms with Gasteiger partial charge in [0, 0.05) is 6.42 Å². The monoisotopic (exact) mass is 252 g/mol. The number of hydrogen-bond acceptors (Lipinski definition) is 4. The maximum atomic E-state index is 3.89. The molecule has 0 aromatic heterocycles. The van der Waals surface area contributed by atoms with Gasteiger partial charge in [0.25, 0.3) is 0 Å². The Balaban J connectivity index is 2.53. The molecule has 0 aromatic carbocycles. The lowest BCUT2D eigenvalue weighted by Crippen LogP contribution is -2.13. The van der Waals surface area contributed by atoms with Gasteiger partial charge in [-0.15, -0.1) is 10.2 Å². The fourth-order valence-electron chi connectivity index (χ4n) is 0.798. The van der Waals surface area contributed by atoms with Crippen LogP contribution in [0.3, 0.4) is 0 Å². The second kappa shape index (κ2) is 2.89. The molecule has 4 nitrogen and oxygen atoms in total. The van der Waals surface area contributed by atoms with E-state index in [-0.39, 0.29) is 0 Å². The Kier molecular flexibility index (Phi) is 2.32. The summed E-state index contributed by atoms with van der Waals surface area (Å²) >= 11 is 2.16. The summed E-state index contributed by atoms with van der Waals surface area (Å²) in [7, 11) is 0. The van der Waals surface area contributed by atoms with E-state index in [0.717, 1.165) is 6.42 Å². The van der Waals surface area contributed by atoms with Crippen LogP contribution >= 0.6 is 22.6 Å². The zero-order chi connectivity index (χ0) is 7.61. The van der Waals surface area contributed by atoms with E-state index in [1.54, 1.807) is 0 Å². The van der Waals surface area contributed by atoms with Crippen molar-refractivity contribution in [1.29, 1.82) is 0 Å². The minimum absolute atomic E-state index is 0.397. The van der Waals surface area contributed by atoms with Crippen LogP contribution in [0.2, 0.25) is 0 Å². The zero-order valence-corrected chi connectivity index (χ0v) is 8.11. The summed E-state index contributed by atoms with van der Waals surface area (Å²) in [5.41, 5.74) is 0. The first-order valence-electron chi connectivity index (χ1n) is 3.15. The van der Waals surface area contributed by atoms with Crippen molar-refractivity contribution in [3.05, 3.63) is 0 Å². The average Bonchev–Trinajstić information content (AvgIpc) is 2.12. The third kappa shape index (κ3) is 1.96. The minimum Gasteiger partial charge on any atom is -0.124 e. The van der Waals surface area contributed by atoms with Gasteiger partial charge in [-0.05, 0) is 39.0 Å². The maximum Gasteiger partial charge on any atom is 0.244 e. The van der Waals surface area contributed by atoms with Gasteiger partial charge in [-0.1, -0.05) is 13.8 Å². The molecule has 0 aliphatic carbocycles. The van der Waals surface area contributed by atoms with Crippen LogP contribution in [0.25, 0.3) is 0 Å². The lowest BCUT2D eigenvalue weighted by molar-refractivity contribution is 0.490. The third-order valence-electron chi connectivity index (χ3n) is 1.10. The van der Waals surface area contributed by atoms with E-state index in [2.05, 4.69) is 57.1 Å². The highest BCUT2D eigenvalue weighted by Gasteiger charge is 2.29. The molecule has 0 saturated carbocycles. The van der Waals surface area contributed by atoms with E-state index in [9.17, 15) is 0 Å². The lowest BCUT2D eigenvalue weighted by Gasteiger charge is -2.12. The molecule has 1 rings (SSSR count). The molecular weight excluding hydrogens is 243 g/mol. The van der Waals surface area contributed by atoms with Crippen LogP contribution in [0.4, 0.5) is 0 Å². The van der Waals surface area contributed by atoms with Crippen molar-refractivity contribution in [3.8, 4) is 0 Å². The Morgan fingerprint density at radius 1 is 1.30 bits per heavy atom. The Bertz CT molecular complexity index is 162.